The molecule has 2 heterocycles. The van der Waals surface area contributed by atoms with Crippen LogP contribution >= 0.6 is 0 Å². The molecule has 0 fully saturated rings. The first-order chi connectivity index (χ1) is 10.0. The highest BCUT2D eigenvalue weighted by Gasteiger charge is 2.24. The molecule has 2 N–H and O–H groups in total. The molecule has 0 unspecified atom stereocenters. The van der Waals surface area contributed by atoms with E-state index in [1.165, 1.54) is 4.68 Å². The lowest BCUT2D eigenvalue weighted by Crippen LogP contribution is -2.16. The van der Waals surface area contributed by atoms with E-state index in [0.29, 0.717) is 11.4 Å². The van der Waals surface area contributed by atoms with Crippen LogP contribution in [-0.2, 0) is 23.1 Å². The minimum Gasteiger partial charge on any atom is -0.461 e. The largest absolute Gasteiger partial charge is 0.461 e. The minimum atomic E-state index is -0.570. The first-order valence-electron chi connectivity index (χ1n) is 6.40. The van der Waals surface area contributed by atoms with Crippen LogP contribution in [0.2, 0.25) is 0 Å². The van der Waals surface area contributed by atoms with E-state index in [1.54, 1.807) is 31.1 Å². The summed E-state index contributed by atoms with van der Waals surface area (Å²) in [6.07, 6.45) is 3.27. The van der Waals surface area contributed by atoms with E-state index in [4.69, 9.17) is 10.5 Å². The van der Waals surface area contributed by atoms with Crippen molar-refractivity contribution in [2.45, 2.75) is 19.9 Å². The number of hydrogen-bond acceptors (Lipinski definition) is 6. The van der Waals surface area contributed by atoms with Crippen molar-refractivity contribution >= 4 is 11.9 Å². The molecule has 0 bridgehead atoms. The Balaban J connectivity index is 2.45. The Hall–Kier alpha value is -2.71. The van der Waals surface area contributed by atoms with Crippen molar-refractivity contribution < 1.29 is 14.3 Å². The molecular formula is C12H16N6O3. The normalized spacial score (nSPS) is 10.6. The SMILES string of the molecule is CCOC(=O)c1nnn(CCC(N)=O)c1-c1cncn1C. The van der Waals surface area contributed by atoms with Crippen LogP contribution in [0.3, 0.4) is 0 Å². The maximum absolute atomic E-state index is 12.0. The number of esters is 1. The van der Waals surface area contributed by atoms with E-state index in [2.05, 4.69) is 15.3 Å². The summed E-state index contributed by atoms with van der Waals surface area (Å²) >= 11 is 0. The number of nitrogens with two attached hydrogens (primary N) is 1. The number of nitrogens with zero attached hydrogens (tertiary/aromatic N) is 5. The Morgan fingerprint density at radius 1 is 1.43 bits per heavy atom. The number of aryl methyl sites for hydroxylation is 2. The first-order valence-corrected chi connectivity index (χ1v) is 6.40. The maximum Gasteiger partial charge on any atom is 0.361 e. The van der Waals surface area contributed by atoms with E-state index < -0.39 is 11.9 Å². The Labute approximate surface area is 120 Å². The third-order valence-corrected chi connectivity index (χ3v) is 2.83. The third kappa shape index (κ3) is 3.07. The lowest BCUT2D eigenvalue weighted by molar-refractivity contribution is -0.118. The molecule has 2 aromatic rings. The van der Waals surface area contributed by atoms with Crippen LogP contribution in [0.5, 0.6) is 0 Å². The second kappa shape index (κ2) is 6.16. The van der Waals surface area contributed by atoms with Gasteiger partial charge in [0.2, 0.25) is 5.91 Å². The molecule has 0 aromatic carbocycles. The van der Waals surface area contributed by atoms with Gasteiger partial charge in [0.1, 0.15) is 5.69 Å². The molecule has 0 spiro atoms. The Morgan fingerprint density at radius 2 is 2.19 bits per heavy atom. The summed E-state index contributed by atoms with van der Waals surface area (Å²) in [5.74, 6) is -1.03. The molecule has 2 aromatic heterocycles. The highest BCUT2D eigenvalue weighted by molar-refractivity contribution is 5.93. The number of ether oxygens (including phenoxy) is 1. The molecule has 1 amide bonds. The molecule has 0 aliphatic rings. The fourth-order valence-electron chi connectivity index (χ4n) is 1.86. The number of aromatic nitrogens is 5. The van der Waals surface area contributed by atoms with Crippen molar-refractivity contribution in [3.63, 3.8) is 0 Å². The van der Waals surface area contributed by atoms with Gasteiger partial charge in [-0.05, 0) is 6.92 Å². The molecule has 0 saturated carbocycles. The molecule has 9 nitrogen and oxygen atoms in total. The van der Waals surface area contributed by atoms with Gasteiger partial charge >= 0.3 is 5.97 Å². The average molecular weight is 292 g/mol. The van der Waals surface area contributed by atoms with Crippen LogP contribution in [0.4, 0.5) is 0 Å². The molecule has 0 saturated heterocycles. The van der Waals surface area contributed by atoms with Crippen molar-refractivity contribution in [1.29, 1.82) is 0 Å². The molecule has 21 heavy (non-hydrogen) atoms. The van der Waals surface area contributed by atoms with E-state index >= 15 is 0 Å². The Kier molecular flexibility index (Phi) is 4.31. The van der Waals surface area contributed by atoms with Gasteiger partial charge in [-0.3, -0.25) is 4.79 Å². The van der Waals surface area contributed by atoms with Crippen LogP contribution in [0.15, 0.2) is 12.5 Å². The number of carbonyl (C=O) groups is 2. The minimum absolute atomic E-state index is 0.0879. The van der Waals surface area contributed by atoms with Gasteiger partial charge in [-0.1, -0.05) is 5.21 Å². The summed E-state index contributed by atoms with van der Waals surface area (Å²) in [6.45, 7) is 2.17. The molecule has 2 rings (SSSR count). The molecule has 0 radical (unpaired) electrons. The zero-order valence-corrected chi connectivity index (χ0v) is 11.8. The molecular weight excluding hydrogens is 276 g/mol. The van der Waals surface area contributed by atoms with Crippen LogP contribution in [0.1, 0.15) is 23.8 Å². The number of primary amides is 1. The summed E-state index contributed by atoms with van der Waals surface area (Å²) in [7, 11) is 1.78. The van der Waals surface area contributed by atoms with Crippen LogP contribution in [-0.4, -0.2) is 43.0 Å². The topological polar surface area (TPSA) is 118 Å². The van der Waals surface area contributed by atoms with E-state index in [9.17, 15) is 9.59 Å². The van der Waals surface area contributed by atoms with Gasteiger partial charge in [-0.25, -0.2) is 14.5 Å². The Morgan fingerprint density at radius 3 is 2.76 bits per heavy atom. The van der Waals surface area contributed by atoms with Crippen molar-refractivity contribution in [2.75, 3.05) is 6.61 Å². The van der Waals surface area contributed by atoms with Gasteiger partial charge in [0.15, 0.2) is 5.69 Å². The summed E-state index contributed by atoms with van der Waals surface area (Å²) in [4.78, 5) is 26.9. The van der Waals surface area contributed by atoms with Gasteiger partial charge in [-0.2, -0.15) is 0 Å². The number of rotatable bonds is 6. The van der Waals surface area contributed by atoms with Gasteiger partial charge in [0.05, 0.1) is 31.4 Å². The fraction of sp³-hybridized carbons (Fsp3) is 0.417. The van der Waals surface area contributed by atoms with Crippen LogP contribution < -0.4 is 5.73 Å². The second-order valence-electron chi connectivity index (χ2n) is 4.34. The first kappa shape index (κ1) is 14.7. The summed E-state index contributed by atoms with van der Waals surface area (Å²) in [5, 5.41) is 7.76. The van der Waals surface area contributed by atoms with Gasteiger partial charge in [0.25, 0.3) is 0 Å². The lowest BCUT2D eigenvalue weighted by Gasteiger charge is -2.07. The zero-order chi connectivity index (χ0) is 15.4. The van der Waals surface area contributed by atoms with Crippen molar-refractivity contribution in [2.24, 2.45) is 12.8 Å². The monoisotopic (exact) mass is 292 g/mol. The van der Waals surface area contributed by atoms with E-state index in [0.717, 1.165) is 0 Å². The summed E-state index contributed by atoms with van der Waals surface area (Å²) < 4.78 is 8.15. The second-order valence-corrected chi connectivity index (χ2v) is 4.34. The van der Waals surface area contributed by atoms with Crippen molar-refractivity contribution in [3.05, 3.63) is 18.2 Å². The quantitative estimate of drug-likeness (QED) is 0.732. The standard InChI is InChI=1S/C12H16N6O3/c1-3-21-12(20)10-11(8-6-14-7-17(8)2)18(16-15-10)5-4-9(13)19/h6-7H,3-5H2,1-2H3,(H2,13,19). The number of hydrogen-bond donors (Lipinski definition) is 1. The molecule has 9 heteroatoms. The Bertz CT molecular complexity index is 660. The fourth-order valence-corrected chi connectivity index (χ4v) is 1.86. The van der Waals surface area contributed by atoms with Crippen LogP contribution in [0, 0.1) is 0 Å². The molecule has 0 atom stereocenters. The van der Waals surface area contributed by atoms with Gasteiger partial charge in [0, 0.05) is 13.5 Å². The molecule has 112 valence electrons. The highest BCUT2D eigenvalue weighted by atomic mass is 16.5. The van der Waals surface area contributed by atoms with E-state index in [1.807, 2.05) is 0 Å². The molecule has 0 aliphatic carbocycles. The average Bonchev–Trinajstić information content (AvgIpc) is 3.02. The highest BCUT2D eigenvalue weighted by Crippen LogP contribution is 2.22. The summed E-state index contributed by atoms with van der Waals surface area (Å²) in [6, 6.07) is 0. The molecule has 0 aliphatic heterocycles. The van der Waals surface area contributed by atoms with Gasteiger partial charge < -0.3 is 15.0 Å². The maximum atomic E-state index is 12.0. The van der Waals surface area contributed by atoms with Crippen molar-refractivity contribution in [1.82, 2.24) is 24.5 Å². The number of carbonyl (C=O) groups excluding carboxylic acids is 2. The lowest BCUT2D eigenvalue weighted by atomic mass is 10.2. The van der Waals surface area contributed by atoms with Crippen molar-refractivity contribution in [3.8, 4) is 11.4 Å². The predicted molar refractivity (Wildman–Crippen MR) is 72.0 cm³/mol. The van der Waals surface area contributed by atoms with Crippen LogP contribution in [0.25, 0.3) is 11.4 Å². The number of imidazole rings is 1. The third-order valence-electron chi connectivity index (χ3n) is 2.83. The smallest absolute Gasteiger partial charge is 0.361 e. The number of amides is 1. The zero-order valence-electron chi connectivity index (χ0n) is 11.8. The van der Waals surface area contributed by atoms with Gasteiger partial charge in [-0.15, -0.1) is 5.10 Å². The van der Waals surface area contributed by atoms with E-state index in [-0.39, 0.29) is 25.3 Å². The summed E-state index contributed by atoms with van der Waals surface area (Å²) in [5.41, 5.74) is 6.33. The predicted octanol–water partition coefficient (Wildman–Crippen LogP) is -0.269.